The molecular formula is C14H11F3N2S. The molecule has 0 radical (unpaired) electrons. The van der Waals surface area contributed by atoms with Crippen molar-refractivity contribution in [2.45, 2.75) is 12.6 Å². The van der Waals surface area contributed by atoms with Crippen molar-refractivity contribution in [3.63, 3.8) is 0 Å². The molecule has 6 heteroatoms. The van der Waals surface area contributed by atoms with Crippen molar-refractivity contribution in [1.82, 2.24) is 0 Å². The fourth-order valence-electron chi connectivity index (χ4n) is 1.77. The van der Waals surface area contributed by atoms with Gasteiger partial charge in [-0.05, 0) is 36.1 Å². The van der Waals surface area contributed by atoms with Gasteiger partial charge in [-0.2, -0.15) is 18.4 Å². The average molecular weight is 296 g/mol. The Hall–Kier alpha value is -2.00. The van der Waals surface area contributed by atoms with Gasteiger partial charge in [0.15, 0.2) is 0 Å². The number of nitrogens with one attached hydrogen (secondary N) is 1. The van der Waals surface area contributed by atoms with Crippen molar-refractivity contribution in [1.29, 1.82) is 5.26 Å². The van der Waals surface area contributed by atoms with Gasteiger partial charge in [-0.3, -0.25) is 0 Å². The summed E-state index contributed by atoms with van der Waals surface area (Å²) in [6.45, 7) is 0.545. The molecule has 0 bridgehead atoms. The van der Waals surface area contributed by atoms with Crippen molar-refractivity contribution >= 4 is 17.0 Å². The number of benzene rings is 1. The first-order chi connectivity index (χ1) is 9.50. The third-order valence-corrected chi connectivity index (χ3v) is 3.66. The number of hydrogen-bond acceptors (Lipinski definition) is 3. The second-order valence-electron chi connectivity index (χ2n) is 4.13. The van der Waals surface area contributed by atoms with E-state index in [0.717, 1.165) is 12.5 Å². The van der Waals surface area contributed by atoms with Gasteiger partial charge in [0.25, 0.3) is 0 Å². The van der Waals surface area contributed by atoms with E-state index >= 15 is 0 Å². The van der Waals surface area contributed by atoms with E-state index in [2.05, 4.69) is 5.32 Å². The van der Waals surface area contributed by atoms with Crippen LogP contribution in [0.3, 0.4) is 0 Å². The summed E-state index contributed by atoms with van der Waals surface area (Å²) in [5.41, 5.74) is -0.893. The summed E-state index contributed by atoms with van der Waals surface area (Å²) in [6.07, 6.45) is -3.77. The first kappa shape index (κ1) is 14.4. The highest BCUT2D eigenvalue weighted by Gasteiger charge is 2.33. The van der Waals surface area contributed by atoms with Gasteiger partial charge in [0, 0.05) is 17.1 Å². The molecule has 0 fully saturated rings. The number of thiophene rings is 1. The fraction of sp³-hybridized carbons (Fsp3) is 0.214. The molecule has 1 heterocycles. The van der Waals surface area contributed by atoms with Gasteiger partial charge in [-0.15, -0.1) is 11.3 Å². The highest BCUT2D eigenvalue weighted by molar-refractivity contribution is 7.09. The Bertz CT molecular complexity index is 612. The van der Waals surface area contributed by atoms with Gasteiger partial charge in [-0.1, -0.05) is 6.07 Å². The summed E-state index contributed by atoms with van der Waals surface area (Å²) in [4.78, 5) is 1.17. The molecular weight excluding hydrogens is 285 g/mol. The van der Waals surface area contributed by atoms with Gasteiger partial charge in [0.1, 0.15) is 0 Å². The zero-order valence-electron chi connectivity index (χ0n) is 10.4. The van der Waals surface area contributed by atoms with Crippen LogP contribution in [-0.4, -0.2) is 6.54 Å². The van der Waals surface area contributed by atoms with E-state index in [9.17, 15) is 13.2 Å². The van der Waals surface area contributed by atoms with E-state index in [1.807, 2.05) is 17.5 Å². The molecule has 0 atom stereocenters. The lowest BCUT2D eigenvalue weighted by Gasteiger charge is -2.12. The lowest BCUT2D eigenvalue weighted by Crippen LogP contribution is -2.10. The van der Waals surface area contributed by atoms with Crippen LogP contribution in [0.5, 0.6) is 0 Å². The molecule has 0 saturated heterocycles. The Morgan fingerprint density at radius 1 is 1.25 bits per heavy atom. The van der Waals surface area contributed by atoms with Crippen LogP contribution in [0.2, 0.25) is 0 Å². The second-order valence-corrected chi connectivity index (χ2v) is 5.16. The SMILES string of the molecule is N#Cc1ccc(NCCc2cccs2)cc1C(F)(F)F. The molecule has 0 amide bonds. The Morgan fingerprint density at radius 2 is 2.05 bits per heavy atom. The summed E-state index contributed by atoms with van der Waals surface area (Å²) >= 11 is 1.61. The van der Waals surface area contributed by atoms with Crippen molar-refractivity contribution in [3.8, 4) is 6.07 Å². The summed E-state index contributed by atoms with van der Waals surface area (Å²) < 4.78 is 38.4. The molecule has 0 spiro atoms. The first-order valence-corrected chi connectivity index (χ1v) is 6.76. The molecule has 1 aromatic heterocycles. The van der Waals surface area contributed by atoms with Crippen molar-refractivity contribution in [2.75, 3.05) is 11.9 Å². The van der Waals surface area contributed by atoms with Gasteiger partial charge >= 0.3 is 6.18 Å². The Kier molecular flexibility index (Phi) is 4.30. The topological polar surface area (TPSA) is 35.8 Å². The summed E-state index contributed by atoms with van der Waals surface area (Å²) in [6, 6.07) is 9.13. The van der Waals surface area contributed by atoms with Gasteiger partial charge in [-0.25, -0.2) is 0 Å². The van der Waals surface area contributed by atoms with Gasteiger partial charge in [0.05, 0.1) is 17.2 Å². The molecule has 1 aromatic carbocycles. The number of hydrogen-bond donors (Lipinski definition) is 1. The summed E-state index contributed by atoms with van der Waals surface area (Å²) in [7, 11) is 0. The first-order valence-electron chi connectivity index (χ1n) is 5.88. The highest BCUT2D eigenvalue weighted by Crippen LogP contribution is 2.33. The smallest absolute Gasteiger partial charge is 0.385 e. The van der Waals surface area contributed by atoms with Crippen LogP contribution in [0.15, 0.2) is 35.7 Å². The number of halogens is 3. The van der Waals surface area contributed by atoms with Crippen LogP contribution in [0, 0.1) is 11.3 Å². The van der Waals surface area contributed by atoms with Crippen LogP contribution in [0.1, 0.15) is 16.0 Å². The highest BCUT2D eigenvalue weighted by atomic mass is 32.1. The predicted molar refractivity (Wildman–Crippen MR) is 72.7 cm³/mol. The number of rotatable bonds is 4. The van der Waals surface area contributed by atoms with E-state index < -0.39 is 11.7 Å². The molecule has 2 rings (SSSR count). The minimum atomic E-state index is -4.52. The van der Waals surface area contributed by atoms with E-state index in [1.165, 1.54) is 17.0 Å². The lowest BCUT2D eigenvalue weighted by molar-refractivity contribution is -0.137. The molecule has 0 unspecified atom stereocenters. The van der Waals surface area contributed by atoms with Crippen LogP contribution < -0.4 is 5.32 Å². The fourth-order valence-corrected chi connectivity index (χ4v) is 2.48. The molecule has 0 aliphatic heterocycles. The number of nitrogens with zero attached hydrogens (tertiary/aromatic N) is 1. The molecule has 1 N–H and O–H groups in total. The number of anilines is 1. The minimum Gasteiger partial charge on any atom is -0.385 e. The molecule has 104 valence electrons. The number of nitriles is 1. The van der Waals surface area contributed by atoms with E-state index in [0.29, 0.717) is 12.2 Å². The molecule has 0 saturated carbocycles. The Balaban J connectivity index is 2.07. The maximum atomic E-state index is 12.8. The lowest BCUT2D eigenvalue weighted by atomic mass is 10.1. The Labute approximate surface area is 118 Å². The monoisotopic (exact) mass is 296 g/mol. The predicted octanol–water partition coefficient (Wildman–Crippen LogP) is 4.29. The zero-order valence-corrected chi connectivity index (χ0v) is 11.2. The zero-order chi connectivity index (χ0) is 14.6. The third kappa shape index (κ3) is 3.52. The quantitative estimate of drug-likeness (QED) is 0.913. The molecule has 20 heavy (non-hydrogen) atoms. The van der Waals surface area contributed by atoms with Gasteiger partial charge in [0.2, 0.25) is 0 Å². The molecule has 0 aliphatic carbocycles. The molecule has 2 aromatic rings. The number of alkyl halides is 3. The van der Waals surface area contributed by atoms with Crippen molar-refractivity contribution in [3.05, 3.63) is 51.7 Å². The van der Waals surface area contributed by atoms with Crippen LogP contribution in [0.4, 0.5) is 18.9 Å². The van der Waals surface area contributed by atoms with Crippen molar-refractivity contribution in [2.24, 2.45) is 0 Å². The second kappa shape index (κ2) is 5.97. The molecule has 2 nitrogen and oxygen atoms in total. The van der Waals surface area contributed by atoms with E-state index in [-0.39, 0.29) is 5.56 Å². The van der Waals surface area contributed by atoms with Crippen molar-refractivity contribution < 1.29 is 13.2 Å². The third-order valence-electron chi connectivity index (χ3n) is 2.73. The Morgan fingerprint density at radius 3 is 2.65 bits per heavy atom. The van der Waals surface area contributed by atoms with E-state index in [1.54, 1.807) is 17.4 Å². The standard InChI is InChI=1S/C14H11F3N2S/c15-14(16,17)13-8-11(4-3-10(13)9-18)19-6-5-12-2-1-7-20-12/h1-4,7-8,19H,5-6H2. The summed E-state index contributed by atoms with van der Waals surface area (Å²) in [5, 5.41) is 13.6. The maximum Gasteiger partial charge on any atom is 0.417 e. The normalized spacial score (nSPS) is 11.1. The largest absolute Gasteiger partial charge is 0.417 e. The van der Waals surface area contributed by atoms with Crippen LogP contribution >= 0.6 is 11.3 Å². The summed E-state index contributed by atoms with van der Waals surface area (Å²) in [5.74, 6) is 0. The van der Waals surface area contributed by atoms with Gasteiger partial charge < -0.3 is 5.32 Å². The van der Waals surface area contributed by atoms with Crippen LogP contribution in [-0.2, 0) is 12.6 Å². The molecule has 0 aliphatic rings. The van der Waals surface area contributed by atoms with Crippen LogP contribution in [0.25, 0.3) is 0 Å². The van der Waals surface area contributed by atoms with E-state index in [4.69, 9.17) is 5.26 Å². The minimum absolute atomic E-state index is 0.360. The average Bonchev–Trinajstić information content (AvgIpc) is 2.91. The maximum absolute atomic E-state index is 12.8.